The van der Waals surface area contributed by atoms with Crippen molar-refractivity contribution in [2.24, 2.45) is 0 Å². The predicted octanol–water partition coefficient (Wildman–Crippen LogP) is 1.98. The van der Waals surface area contributed by atoms with E-state index in [4.69, 9.17) is 22.8 Å². The molecule has 0 fully saturated rings. The lowest BCUT2D eigenvalue weighted by Gasteiger charge is -2.06. The number of aryl methyl sites for hydroxylation is 1. The van der Waals surface area contributed by atoms with Gasteiger partial charge in [0.1, 0.15) is 17.9 Å². The number of terminal acetylenes is 1. The Balaban J connectivity index is 2.64. The molecule has 4 heteroatoms. The fraction of sp³-hybridized carbons (Fsp3) is 0.400. The van der Waals surface area contributed by atoms with Gasteiger partial charge in [-0.3, -0.25) is 0 Å². The molecule has 0 aliphatic carbocycles. The van der Waals surface area contributed by atoms with Crippen molar-refractivity contribution in [1.29, 1.82) is 0 Å². The average Bonchev–Trinajstić information content (AvgIpc) is 2.12. The van der Waals surface area contributed by atoms with Crippen LogP contribution >= 0.6 is 11.6 Å². The number of nitrogens with zero attached hydrogens (tertiary/aromatic N) is 2. The molecule has 74 valence electrons. The Hall–Kier alpha value is -1.11. The molecule has 0 aromatic carbocycles. The summed E-state index contributed by atoms with van der Waals surface area (Å²) in [4.78, 5) is 8.15. The zero-order valence-corrected chi connectivity index (χ0v) is 8.88. The van der Waals surface area contributed by atoms with Gasteiger partial charge in [-0.1, -0.05) is 17.5 Å². The van der Waals surface area contributed by atoms with Crippen LogP contribution in [0.5, 0.6) is 0 Å². The van der Waals surface area contributed by atoms with Crippen molar-refractivity contribution in [2.45, 2.75) is 26.6 Å². The first kappa shape index (κ1) is 11.0. The third-order valence-corrected chi connectivity index (χ3v) is 1.76. The van der Waals surface area contributed by atoms with Gasteiger partial charge in [-0.05, 0) is 19.9 Å². The second kappa shape index (κ2) is 4.94. The van der Waals surface area contributed by atoms with Crippen molar-refractivity contribution < 1.29 is 4.74 Å². The molecule has 0 saturated heterocycles. The van der Waals surface area contributed by atoms with E-state index in [-0.39, 0.29) is 12.7 Å². The normalized spacial score (nSPS) is 12.1. The maximum atomic E-state index is 5.75. The maximum absolute atomic E-state index is 5.75. The zero-order chi connectivity index (χ0) is 10.6. The summed E-state index contributed by atoms with van der Waals surface area (Å²) in [6, 6.07) is 1.69. The van der Waals surface area contributed by atoms with E-state index in [1.165, 1.54) is 0 Å². The summed E-state index contributed by atoms with van der Waals surface area (Å²) in [6.07, 6.45) is 4.92. The van der Waals surface area contributed by atoms with Crippen molar-refractivity contribution in [3.63, 3.8) is 0 Å². The summed E-state index contributed by atoms with van der Waals surface area (Å²) in [5.74, 6) is 3.01. The quantitative estimate of drug-likeness (QED) is 0.565. The summed E-state index contributed by atoms with van der Waals surface area (Å²) in [5.41, 5.74) is 0.817. The van der Waals surface area contributed by atoms with E-state index in [2.05, 4.69) is 15.9 Å². The van der Waals surface area contributed by atoms with Gasteiger partial charge in [0.15, 0.2) is 5.82 Å². The summed E-state index contributed by atoms with van der Waals surface area (Å²) >= 11 is 5.75. The van der Waals surface area contributed by atoms with Crippen molar-refractivity contribution in [2.75, 3.05) is 0 Å². The van der Waals surface area contributed by atoms with Gasteiger partial charge in [-0.15, -0.1) is 6.42 Å². The molecular formula is C10H11ClN2O. The van der Waals surface area contributed by atoms with Crippen LogP contribution in [0.3, 0.4) is 0 Å². The van der Waals surface area contributed by atoms with Crippen LogP contribution in [0.2, 0.25) is 5.15 Å². The fourth-order valence-corrected chi connectivity index (χ4v) is 1.16. The number of halogens is 1. The van der Waals surface area contributed by atoms with E-state index in [0.717, 1.165) is 5.69 Å². The van der Waals surface area contributed by atoms with E-state index in [1.807, 2.05) is 6.92 Å². The molecule has 1 unspecified atom stereocenters. The first-order chi connectivity index (χ1) is 6.61. The Morgan fingerprint density at radius 2 is 2.36 bits per heavy atom. The number of hydrogen-bond acceptors (Lipinski definition) is 3. The third kappa shape index (κ3) is 3.33. The molecule has 0 bridgehead atoms. The van der Waals surface area contributed by atoms with Crippen LogP contribution in [0.25, 0.3) is 0 Å². The minimum absolute atomic E-state index is 0.238. The molecule has 3 nitrogen and oxygen atoms in total. The van der Waals surface area contributed by atoms with Gasteiger partial charge in [0.25, 0.3) is 0 Å². The smallest absolute Gasteiger partial charge is 0.156 e. The molecule has 1 rings (SSSR count). The minimum atomic E-state index is -0.238. The largest absolute Gasteiger partial charge is 0.358 e. The molecule has 14 heavy (non-hydrogen) atoms. The summed E-state index contributed by atoms with van der Waals surface area (Å²) in [6.45, 7) is 3.92. The Kier molecular flexibility index (Phi) is 3.87. The van der Waals surface area contributed by atoms with E-state index < -0.39 is 0 Å². The lowest BCUT2D eigenvalue weighted by molar-refractivity contribution is 0.0851. The first-order valence-electron chi connectivity index (χ1n) is 4.19. The monoisotopic (exact) mass is 210 g/mol. The van der Waals surface area contributed by atoms with E-state index in [9.17, 15) is 0 Å². The summed E-state index contributed by atoms with van der Waals surface area (Å²) in [7, 11) is 0. The summed E-state index contributed by atoms with van der Waals surface area (Å²) < 4.78 is 5.27. The SMILES string of the molecule is C#CC(C)OCc1nc(C)cc(Cl)n1. The fourth-order valence-electron chi connectivity index (χ4n) is 0.901. The molecule has 1 atom stereocenters. The van der Waals surface area contributed by atoms with Gasteiger partial charge >= 0.3 is 0 Å². The van der Waals surface area contributed by atoms with Crippen LogP contribution in [0.1, 0.15) is 18.4 Å². The lowest BCUT2D eigenvalue weighted by Crippen LogP contribution is -2.07. The highest BCUT2D eigenvalue weighted by atomic mass is 35.5. The number of rotatable bonds is 3. The second-order valence-corrected chi connectivity index (χ2v) is 3.26. The van der Waals surface area contributed by atoms with Crippen LogP contribution in [-0.4, -0.2) is 16.1 Å². The zero-order valence-electron chi connectivity index (χ0n) is 8.12. The number of hydrogen-bond donors (Lipinski definition) is 0. The molecular weight excluding hydrogens is 200 g/mol. The second-order valence-electron chi connectivity index (χ2n) is 2.87. The molecule has 1 heterocycles. The average molecular weight is 211 g/mol. The highest BCUT2D eigenvalue weighted by Crippen LogP contribution is 2.07. The third-order valence-electron chi connectivity index (χ3n) is 1.57. The molecule has 1 aromatic rings. The topological polar surface area (TPSA) is 35.0 Å². The lowest BCUT2D eigenvalue weighted by atomic mass is 10.4. The summed E-state index contributed by atoms with van der Waals surface area (Å²) in [5, 5.41) is 0.421. The molecule has 0 amide bonds. The molecule has 0 spiro atoms. The highest BCUT2D eigenvalue weighted by Gasteiger charge is 2.02. The van der Waals surface area contributed by atoms with E-state index >= 15 is 0 Å². The predicted molar refractivity (Wildman–Crippen MR) is 54.9 cm³/mol. The van der Waals surface area contributed by atoms with E-state index in [0.29, 0.717) is 11.0 Å². The number of ether oxygens (including phenoxy) is 1. The number of aromatic nitrogens is 2. The molecule has 0 radical (unpaired) electrons. The minimum Gasteiger partial charge on any atom is -0.358 e. The molecule has 0 N–H and O–H groups in total. The maximum Gasteiger partial charge on any atom is 0.156 e. The van der Waals surface area contributed by atoms with Gasteiger partial charge in [0, 0.05) is 5.69 Å². The molecule has 0 aliphatic rings. The Bertz CT molecular complexity index is 339. The van der Waals surface area contributed by atoms with Gasteiger partial charge < -0.3 is 4.74 Å². The van der Waals surface area contributed by atoms with E-state index in [1.54, 1.807) is 13.0 Å². The van der Waals surface area contributed by atoms with Crippen molar-refractivity contribution in [3.05, 3.63) is 22.7 Å². The standard InChI is InChI=1S/C10H11ClN2O/c1-4-8(3)14-6-10-12-7(2)5-9(11)13-10/h1,5,8H,6H2,2-3H3. The Labute approximate surface area is 88.5 Å². The van der Waals surface area contributed by atoms with Crippen molar-refractivity contribution >= 4 is 11.6 Å². The van der Waals surface area contributed by atoms with Crippen LogP contribution in [0.15, 0.2) is 6.07 Å². The Morgan fingerprint density at radius 3 is 2.93 bits per heavy atom. The van der Waals surface area contributed by atoms with Gasteiger partial charge in [-0.2, -0.15) is 0 Å². The van der Waals surface area contributed by atoms with Gasteiger partial charge in [0.2, 0.25) is 0 Å². The van der Waals surface area contributed by atoms with Gasteiger partial charge in [-0.25, -0.2) is 9.97 Å². The van der Waals surface area contributed by atoms with Crippen LogP contribution in [0.4, 0.5) is 0 Å². The molecule has 1 aromatic heterocycles. The highest BCUT2D eigenvalue weighted by molar-refractivity contribution is 6.29. The van der Waals surface area contributed by atoms with Crippen molar-refractivity contribution in [1.82, 2.24) is 9.97 Å². The van der Waals surface area contributed by atoms with Crippen molar-refractivity contribution in [3.8, 4) is 12.3 Å². The van der Waals surface area contributed by atoms with Gasteiger partial charge in [0.05, 0.1) is 0 Å². The molecule has 0 saturated carbocycles. The van der Waals surface area contributed by atoms with Crippen LogP contribution in [0, 0.1) is 19.3 Å². The van der Waals surface area contributed by atoms with Crippen LogP contribution in [-0.2, 0) is 11.3 Å². The Morgan fingerprint density at radius 1 is 1.64 bits per heavy atom. The first-order valence-corrected chi connectivity index (χ1v) is 4.57. The van der Waals surface area contributed by atoms with Crippen LogP contribution < -0.4 is 0 Å². The molecule has 0 aliphatic heterocycles.